The van der Waals surface area contributed by atoms with Crippen LogP contribution in [0.15, 0.2) is 59.8 Å². The Labute approximate surface area is 246 Å². The summed E-state index contributed by atoms with van der Waals surface area (Å²) in [6.45, 7) is 2.74. The van der Waals surface area contributed by atoms with Gasteiger partial charge in [0.1, 0.15) is 35.2 Å². The van der Waals surface area contributed by atoms with Crippen LogP contribution in [-0.4, -0.2) is 71.6 Å². The molecule has 2 aromatic rings. The number of rotatable bonds is 14. The molecule has 1 fully saturated rings. The molecule has 2 unspecified atom stereocenters. The van der Waals surface area contributed by atoms with Crippen molar-refractivity contribution in [2.45, 2.75) is 38.3 Å². The number of nitrogens with one attached hydrogen (secondary N) is 1. The number of β-lactam (4-membered cyclic amide) rings is 1. The van der Waals surface area contributed by atoms with Gasteiger partial charge in [0.15, 0.2) is 6.61 Å². The summed E-state index contributed by atoms with van der Waals surface area (Å²) in [5.41, 5.74) is 0.902. The minimum Gasteiger partial charge on any atom is -0.497 e. The van der Waals surface area contributed by atoms with Crippen molar-refractivity contribution in [2.75, 3.05) is 26.6 Å². The molecule has 224 valence electrons. The van der Waals surface area contributed by atoms with Crippen molar-refractivity contribution in [3.05, 3.63) is 75.5 Å². The molecule has 1 heterocycles. The smallest absolute Gasteiger partial charge is 0.355 e. The number of nitrogens with zero attached hydrogens (tertiary/aromatic N) is 2. The second-order valence-electron chi connectivity index (χ2n) is 9.15. The molecule has 0 saturated carbocycles. The van der Waals surface area contributed by atoms with Gasteiger partial charge in [-0.15, -0.1) is 11.8 Å². The zero-order valence-electron chi connectivity index (χ0n) is 23.5. The first-order chi connectivity index (χ1) is 20.0. The molecule has 1 N–H and O–H groups in total. The van der Waals surface area contributed by atoms with Crippen LogP contribution < -0.4 is 14.8 Å². The average molecular weight is 602 g/mol. The molecule has 42 heavy (non-hydrogen) atoms. The highest BCUT2D eigenvalue weighted by Crippen LogP contribution is 2.36. The lowest BCUT2D eigenvalue weighted by atomic mass is 10.0. The van der Waals surface area contributed by atoms with E-state index in [1.807, 2.05) is 0 Å². The van der Waals surface area contributed by atoms with Crippen molar-refractivity contribution in [3.63, 3.8) is 0 Å². The predicted octanol–water partition coefficient (Wildman–Crippen LogP) is 2.97. The van der Waals surface area contributed by atoms with Gasteiger partial charge >= 0.3 is 11.9 Å². The van der Waals surface area contributed by atoms with Gasteiger partial charge in [-0.2, -0.15) is 0 Å². The van der Waals surface area contributed by atoms with Crippen LogP contribution in [0.4, 0.5) is 5.69 Å². The van der Waals surface area contributed by atoms with E-state index in [9.17, 15) is 29.3 Å². The summed E-state index contributed by atoms with van der Waals surface area (Å²) in [7, 11) is 2.79. The fraction of sp³-hybridized carbons (Fsp3) is 0.357. The monoisotopic (exact) mass is 601 g/mol. The van der Waals surface area contributed by atoms with Gasteiger partial charge in [0.05, 0.1) is 25.6 Å². The zero-order chi connectivity index (χ0) is 30.8. The van der Waals surface area contributed by atoms with Crippen LogP contribution in [0.3, 0.4) is 0 Å². The molecule has 1 saturated heterocycles. The van der Waals surface area contributed by atoms with Crippen LogP contribution in [0.1, 0.15) is 25.8 Å². The predicted molar refractivity (Wildman–Crippen MR) is 151 cm³/mol. The average Bonchev–Trinajstić information content (AvgIpc) is 2.99. The molecule has 2 amide bonds. The standard InChI is InChI=1S/C28H31N3O10S/c1-17(2)25(28(35)41-15-18-5-7-19(8-6-18)31(36)37)30-26(34)24(27(30)42-14-13-23(33)39-4)29-22(32)16-40-21-11-9-20(38-3)10-12-21/h5-12,24,27H,13-16H2,1-4H3,(H,29,32). The number of carbonyl (C=O) groups excluding carboxylic acids is 4. The van der Waals surface area contributed by atoms with E-state index in [-0.39, 0.29) is 36.8 Å². The van der Waals surface area contributed by atoms with Crippen molar-refractivity contribution in [1.29, 1.82) is 0 Å². The fourth-order valence-electron chi connectivity index (χ4n) is 3.88. The van der Waals surface area contributed by atoms with Crippen LogP contribution in [0, 0.1) is 10.1 Å². The van der Waals surface area contributed by atoms with Crippen LogP contribution in [0.25, 0.3) is 0 Å². The van der Waals surface area contributed by atoms with Crippen molar-refractivity contribution in [2.24, 2.45) is 0 Å². The maximum atomic E-state index is 13.3. The first-order valence-electron chi connectivity index (χ1n) is 12.7. The number of hydrogen-bond acceptors (Lipinski definition) is 11. The van der Waals surface area contributed by atoms with E-state index in [0.717, 1.165) is 0 Å². The number of non-ortho nitro benzene ring substituents is 1. The largest absolute Gasteiger partial charge is 0.497 e. The lowest BCUT2D eigenvalue weighted by molar-refractivity contribution is -0.384. The highest BCUT2D eigenvalue weighted by atomic mass is 32.2. The first-order valence-corrected chi connectivity index (χ1v) is 13.8. The van der Waals surface area contributed by atoms with E-state index >= 15 is 0 Å². The molecule has 13 nitrogen and oxygen atoms in total. The molecule has 14 heteroatoms. The summed E-state index contributed by atoms with van der Waals surface area (Å²) in [6, 6.07) is 11.2. The second-order valence-corrected chi connectivity index (χ2v) is 10.4. The van der Waals surface area contributed by atoms with Gasteiger partial charge in [0.2, 0.25) is 0 Å². The number of ether oxygens (including phenoxy) is 4. The Morgan fingerprint density at radius 3 is 2.24 bits per heavy atom. The minimum absolute atomic E-state index is 0.00235. The Balaban J connectivity index is 1.69. The lowest BCUT2D eigenvalue weighted by Gasteiger charge is -2.47. The second kappa shape index (κ2) is 14.9. The van der Waals surface area contributed by atoms with E-state index in [0.29, 0.717) is 22.6 Å². The summed E-state index contributed by atoms with van der Waals surface area (Å²) in [5.74, 6) is -1.01. The number of nitro benzene ring substituents is 1. The maximum absolute atomic E-state index is 13.3. The van der Waals surface area contributed by atoms with E-state index in [4.69, 9.17) is 14.2 Å². The fourth-order valence-corrected chi connectivity index (χ4v) is 5.14. The van der Waals surface area contributed by atoms with E-state index in [1.165, 1.54) is 55.1 Å². The van der Waals surface area contributed by atoms with E-state index < -0.39 is 40.1 Å². The molecule has 0 bridgehead atoms. The number of thioether (sulfide) groups is 1. The van der Waals surface area contributed by atoms with E-state index in [1.54, 1.807) is 38.1 Å². The van der Waals surface area contributed by atoms with Gasteiger partial charge in [-0.25, -0.2) is 4.79 Å². The van der Waals surface area contributed by atoms with Gasteiger partial charge < -0.3 is 24.3 Å². The van der Waals surface area contributed by atoms with Crippen LogP contribution in [-0.2, 0) is 35.3 Å². The molecule has 2 aromatic carbocycles. The third-order valence-electron chi connectivity index (χ3n) is 6.04. The van der Waals surface area contributed by atoms with Gasteiger partial charge in [-0.1, -0.05) is 0 Å². The quantitative estimate of drug-likeness (QED) is 0.111. The highest BCUT2D eigenvalue weighted by Gasteiger charge is 2.52. The zero-order valence-corrected chi connectivity index (χ0v) is 24.3. The van der Waals surface area contributed by atoms with E-state index in [2.05, 4.69) is 10.1 Å². The molecule has 0 aromatic heterocycles. The lowest BCUT2D eigenvalue weighted by Crippen LogP contribution is -2.70. The molecular weight excluding hydrogens is 570 g/mol. The van der Waals surface area contributed by atoms with Crippen molar-refractivity contribution in [1.82, 2.24) is 10.2 Å². The molecule has 1 aliphatic rings. The van der Waals surface area contributed by atoms with Gasteiger partial charge in [-0.05, 0) is 61.4 Å². The van der Waals surface area contributed by atoms with Gasteiger partial charge in [-0.3, -0.25) is 29.4 Å². The highest BCUT2D eigenvalue weighted by molar-refractivity contribution is 8.00. The normalized spacial score (nSPS) is 15.6. The van der Waals surface area contributed by atoms with Gasteiger partial charge in [0.25, 0.3) is 17.5 Å². The number of allylic oxidation sites excluding steroid dienone is 1. The number of methoxy groups -OCH3 is 2. The number of esters is 2. The number of likely N-dealkylation sites (tertiary alicyclic amines) is 1. The summed E-state index contributed by atoms with van der Waals surface area (Å²) in [4.78, 5) is 62.3. The topological polar surface area (TPSA) is 164 Å². The molecular formula is C28H31N3O10S. The minimum atomic E-state index is -0.989. The van der Waals surface area contributed by atoms with Crippen molar-refractivity contribution < 1.29 is 43.0 Å². The number of benzene rings is 2. The summed E-state index contributed by atoms with van der Waals surface area (Å²) < 4.78 is 20.7. The number of carbonyl (C=O) groups is 4. The summed E-state index contributed by atoms with van der Waals surface area (Å²) >= 11 is 1.20. The Morgan fingerprint density at radius 1 is 1.02 bits per heavy atom. The van der Waals surface area contributed by atoms with Crippen LogP contribution in [0.5, 0.6) is 11.5 Å². The Hall–Kier alpha value is -4.59. The Kier molecular flexibility index (Phi) is 11.3. The molecule has 3 rings (SSSR count). The molecule has 0 aliphatic carbocycles. The molecule has 1 aliphatic heterocycles. The summed E-state index contributed by atoms with van der Waals surface area (Å²) in [5, 5.41) is 12.8. The molecule has 0 spiro atoms. The van der Waals surface area contributed by atoms with Crippen molar-refractivity contribution >= 4 is 41.2 Å². The van der Waals surface area contributed by atoms with Gasteiger partial charge in [0, 0.05) is 17.9 Å². The maximum Gasteiger partial charge on any atom is 0.355 e. The summed E-state index contributed by atoms with van der Waals surface area (Å²) in [6.07, 6.45) is 0.0513. The van der Waals surface area contributed by atoms with Crippen LogP contribution >= 0.6 is 11.8 Å². The first kappa shape index (κ1) is 31.9. The third kappa shape index (κ3) is 8.22. The number of nitro groups is 1. The van der Waals surface area contributed by atoms with Crippen molar-refractivity contribution in [3.8, 4) is 11.5 Å². The Bertz CT molecular complexity index is 1340. The number of amides is 2. The van der Waals surface area contributed by atoms with Crippen LogP contribution in [0.2, 0.25) is 0 Å². The Morgan fingerprint density at radius 2 is 1.67 bits per heavy atom. The molecule has 0 radical (unpaired) electrons. The third-order valence-corrected chi connectivity index (χ3v) is 7.30. The SMILES string of the molecule is COC(=O)CCSC1C(NC(=O)COc2ccc(OC)cc2)C(=O)N1C(C(=O)OCc1ccc([N+](=O)[O-])cc1)=C(C)C. The number of hydrogen-bond donors (Lipinski definition) is 1. The molecule has 2 atom stereocenters.